The van der Waals surface area contributed by atoms with Gasteiger partial charge < -0.3 is 5.32 Å². The Morgan fingerprint density at radius 3 is 2.61 bits per heavy atom. The average molecular weight is 442 g/mol. The van der Waals surface area contributed by atoms with Crippen molar-refractivity contribution in [2.75, 3.05) is 10.7 Å². The van der Waals surface area contributed by atoms with Crippen LogP contribution in [-0.4, -0.2) is 33.7 Å². The molecule has 2 fully saturated rings. The van der Waals surface area contributed by atoms with E-state index in [2.05, 4.69) is 10.3 Å². The Bertz CT molecular complexity index is 966. The van der Waals surface area contributed by atoms with E-state index in [0.29, 0.717) is 11.4 Å². The van der Waals surface area contributed by atoms with E-state index in [9.17, 15) is 18.8 Å². The molecule has 8 heteroatoms. The van der Waals surface area contributed by atoms with Gasteiger partial charge in [0.25, 0.3) is 0 Å². The van der Waals surface area contributed by atoms with Crippen LogP contribution in [0.4, 0.5) is 10.1 Å². The number of thioether (sulfide) groups is 1. The molecule has 1 saturated carbocycles. The number of rotatable bonds is 6. The summed E-state index contributed by atoms with van der Waals surface area (Å²) in [6.07, 6.45) is 5.55. The van der Waals surface area contributed by atoms with Crippen LogP contribution in [0.5, 0.6) is 0 Å². The van der Waals surface area contributed by atoms with Gasteiger partial charge in [-0.25, -0.2) is 4.39 Å². The molecule has 1 N–H and O–H groups in total. The van der Waals surface area contributed by atoms with Crippen LogP contribution in [0.3, 0.4) is 0 Å². The maximum atomic E-state index is 14.1. The molecule has 1 saturated heterocycles. The summed E-state index contributed by atoms with van der Waals surface area (Å²) >= 11 is 1.11. The molecule has 2 aliphatic rings. The lowest BCUT2D eigenvalue weighted by Crippen LogP contribution is -2.48. The predicted molar refractivity (Wildman–Crippen MR) is 117 cm³/mol. The van der Waals surface area contributed by atoms with Gasteiger partial charge in [0, 0.05) is 30.1 Å². The summed E-state index contributed by atoms with van der Waals surface area (Å²) in [5, 5.41) is 3.00. The second kappa shape index (κ2) is 9.60. The maximum Gasteiger partial charge on any atom is 0.249 e. The van der Waals surface area contributed by atoms with Crippen molar-refractivity contribution in [2.24, 2.45) is 5.92 Å². The fraction of sp³-hybridized carbons (Fsp3) is 0.391. The minimum absolute atomic E-state index is 0.0480. The van der Waals surface area contributed by atoms with E-state index >= 15 is 0 Å². The van der Waals surface area contributed by atoms with Crippen LogP contribution in [0.15, 0.2) is 48.7 Å². The topological polar surface area (TPSA) is 79.4 Å². The van der Waals surface area contributed by atoms with Crippen LogP contribution in [0.1, 0.15) is 43.8 Å². The number of pyridine rings is 1. The molecular weight excluding hydrogens is 417 g/mol. The summed E-state index contributed by atoms with van der Waals surface area (Å²) in [4.78, 5) is 44.5. The van der Waals surface area contributed by atoms with E-state index in [0.717, 1.165) is 37.4 Å². The van der Waals surface area contributed by atoms with Gasteiger partial charge in [0.15, 0.2) is 11.2 Å². The highest BCUT2D eigenvalue weighted by molar-refractivity contribution is 8.14. The Morgan fingerprint density at radius 1 is 1.16 bits per heavy atom. The summed E-state index contributed by atoms with van der Waals surface area (Å²) in [7, 11) is 0. The van der Waals surface area contributed by atoms with E-state index in [4.69, 9.17) is 0 Å². The summed E-state index contributed by atoms with van der Waals surface area (Å²) in [5.74, 6) is -1.45. The molecule has 0 bridgehead atoms. The second-order valence-electron chi connectivity index (χ2n) is 7.92. The van der Waals surface area contributed by atoms with Crippen LogP contribution < -0.4 is 10.2 Å². The number of aromatic nitrogens is 1. The molecule has 0 spiro atoms. The molecule has 2 atom stereocenters. The number of hydrogen-bond acceptors (Lipinski definition) is 5. The zero-order valence-corrected chi connectivity index (χ0v) is 17.8. The van der Waals surface area contributed by atoms with Crippen LogP contribution in [-0.2, 0) is 14.4 Å². The zero-order valence-electron chi connectivity index (χ0n) is 17.0. The van der Waals surface area contributed by atoms with Gasteiger partial charge in [0.2, 0.25) is 11.8 Å². The van der Waals surface area contributed by atoms with Gasteiger partial charge in [-0.05, 0) is 43.2 Å². The first-order chi connectivity index (χ1) is 15.0. The fourth-order valence-corrected chi connectivity index (χ4v) is 5.14. The lowest BCUT2D eigenvalue weighted by Gasteiger charge is -2.33. The predicted octanol–water partition coefficient (Wildman–Crippen LogP) is 3.63. The molecule has 4 rings (SSSR count). The molecule has 1 aliphatic heterocycles. The van der Waals surface area contributed by atoms with Crippen molar-refractivity contribution in [3.8, 4) is 0 Å². The van der Waals surface area contributed by atoms with Gasteiger partial charge >= 0.3 is 0 Å². The fourth-order valence-electron chi connectivity index (χ4n) is 4.17. The lowest BCUT2D eigenvalue weighted by molar-refractivity contribution is -0.129. The molecule has 2 heterocycles. The number of anilines is 1. The van der Waals surface area contributed by atoms with E-state index in [-0.39, 0.29) is 35.1 Å². The smallest absolute Gasteiger partial charge is 0.249 e. The van der Waals surface area contributed by atoms with Gasteiger partial charge in [-0.2, -0.15) is 0 Å². The third kappa shape index (κ3) is 4.95. The van der Waals surface area contributed by atoms with Gasteiger partial charge in [-0.3, -0.25) is 24.3 Å². The van der Waals surface area contributed by atoms with Crippen LogP contribution in [0.2, 0.25) is 0 Å². The van der Waals surface area contributed by atoms with Crippen LogP contribution >= 0.6 is 11.8 Å². The largest absolute Gasteiger partial charge is 0.351 e. The summed E-state index contributed by atoms with van der Waals surface area (Å²) < 4.78 is 14.1. The Kier molecular flexibility index (Phi) is 6.65. The molecule has 2 aromatic rings. The molecule has 1 aliphatic carbocycles. The highest BCUT2D eigenvalue weighted by Crippen LogP contribution is 2.34. The summed E-state index contributed by atoms with van der Waals surface area (Å²) in [6, 6.07) is 9.79. The van der Waals surface area contributed by atoms with Gasteiger partial charge in [0.05, 0.1) is 11.6 Å². The van der Waals surface area contributed by atoms with Crippen molar-refractivity contribution in [3.63, 3.8) is 0 Å². The number of amides is 2. The Labute approximate surface area is 184 Å². The summed E-state index contributed by atoms with van der Waals surface area (Å²) in [5.41, 5.74) is 0.666. The second-order valence-corrected chi connectivity index (χ2v) is 9.00. The Morgan fingerprint density at radius 2 is 1.97 bits per heavy atom. The number of benzene rings is 1. The molecule has 2 amide bonds. The van der Waals surface area contributed by atoms with Gasteiger partial charge in [-0.15, -0.1) is 0 Å². The molecule has 162 valence electrons. The molecule has 31 heavy (non-hydrogen) atoms. The molecular formula is C23H24FN3O3S. The van der Waals surface area contributed by atoms with Crippen molar-refractivity contribution < 1.29 is 18.8 Å². The lowest BCUT2D eigenvalue weighted by atomic mass is 10.0. The first-order valence-corrected chi connectivity index (χ1v) is 11.5. The monoisotopic (exact) mass is 441 g/mol. The number of carbonyl (C=O) groups excluding carboxylic acids is 3. The minimum Gasteiger partial charge on any atom is -0.351 e. The van der Waals surface area contributed by atoms with Gasteiger partial charge in [0.1, 0.15) is 5.82 Å². The SMILES string of the molecule is O=C1C[C@H](C(=O)N(c2cccc(F)c2)[C@H](C(=O)NC2CCCC2)c2ccccn2)CS1. The van der Waals surface area contributed by atoms with E-state index in [1.165, 1.54) is 23.1 Å². The van der Waals surface area contributed by atoms with E-state index in [1.807, 2.05) is 0 Å². The number of carbonyl (C=O) groups is 3. The molecule has 0 unspecified atom stereocenters. The maximum absolute atomic E-state index is 14.1. The highest BCUT2D eigenvalue weighted by Gasteiger charge is 2.40. The van der Waals surface area contributed by atoms with E-state index < -0.39 is 17.8 Å². The van der Waals surface area contributed by atoms with Crippen LogP contribution in [0.25, 0.3) is 0 Å². The van der Waals surface area contributed by atoms with Crippen molar-refractivity contribution in [2.45, 2.75) is 44.2 Å². The Balaban J connectivity index is 1.75. The first kappa shape index (κ1) is 21.5. The van der Waals surface area contributed by atoms with Gasteiger partial charge in [-0.1, -0.05) is 36.7 Å². The van der Waals surface area contributed by atoms with Crippen LogP contribution in [0, 0.1) is 11.7 Å². The van der Waals surface area contributed by atoms with Crippen molar-refractivity contribution in [1.29, 1.82) is 0 Å². The van der Waals surface area contributed by atoms with Crippen molar-refractivity contribution >= 4 is 34.4 Å². The highest BCUT2D eigenvalue weighted by atomic mass is 32.2. The number of halogens is 1. The first-order valence-electron chi connectivity index (χ1n) is 10.5. The molecule has 1 aromatic carbocycles. The number of nitrogens with one attached hydrogen (secondary N) is 1. The number of hydrogen-bond donors (Lipinski definition) is 1. The third-order valence-electron chi connectivity index (χ3n) is 5.71. The Hall–Kier alpha value is -2.74. The standard InChI is InChI=1S/C23H24FN3O3S/c24-16-6-5-9-18(13-16)27(23(30)15-12-20(28)31-14-15)21(19-10-3-4-11-25-19)22(29)26-17-7-1-2-8-17/h3-6,9-11,13,15,17,21H,1-2,7-8,12,14H2,(H,26,29)/t15-,21-/m0/s1. The third-order valence-corrected chi connectivity index (χ3v) is 6.77. The average Bonchev–Trinajstić information content (AvgIpc) is 3.43. The van der Waals surface area contributed by atoms with E-state index in [1.54, 1.807) is 30.5 Å². The van der Waals surface area contributed by atoms with Crippen molar-refractivity contribution in [3.05, 3.63) is 60.2 Å². The molecule has 1 aromatic heterocycles. The normalized spacial score (nSPS) is 19.9. The van der Waals surface area contributed by atoms with Crippen molar-refractivity contribution in [1.82, 2.24) is 10.3 Å². The number of nitrogens with zero attached hydrogens (tertiary/aromatic N) is 2. The quantitative estimate of drug-likeness (QED) is 0.741. The molecule has 6 nitrogen and oxygen atoms in total. The zero-order chi connectivity index (χ0) is 21.8. The summed E-state index contributed by atoms with van der Waals surface area (Å²) in [6.45, 7) is 0. The minimum atomic E-state index is -1.06. The molecule has 0 radical (unpaired) electrons.